The largest absolute Gasteiger partial charge is 0.496 e. The van der Waals surface area contributed by atoms with Gasteiger partial charge < -0.3 is 19.9 Å². The molecular formula is C22H27ClN2O3S. The molecule has 7 heteroatoms. The van der Waals surface area contributed by atoms with Crippen molar-refractivity contribution in [2.75, 3.05) is 20.8 Å². The van der Waals surface area contributed by atoms with Gasteiger partial charge in [0.15, 0.2) is 0 Å². The van der Waals surface area contributed by atoms with Gasteiger partial charge in [0.25, 0.3) is 0 Å². The van der Waals surface area contributed by atoms with Crippen LogP contribution in [0.1, 0.15) is 22.6 Å². The van der Waals surface area contributed by atoms with Crippen LogP contribution in [-0.4, -0.2) is 43.0 Å². The maximum absolute atomic E-state index is 10.6. The van der Waals surface area contributed by atoms with E-state index in [4.69, 9.17) is 14.5 Å². The summed E-state index contributed by atoms with van der Waals surface area (Å²) in [6.45, 7) is 0.846. The van der Waals surface area contributed by atoms with Gasteiger partial charge in [0.05, 0.1) is 35.5 Å². The Kier molecular flexibility index (Phi) is 7.35. The molecule has 0 saturated heterocycles. The van der Waals surface area contributed by atoms with Crippen molar-refractivity contribution < 1.29 is 14.6 Å². The van der Waals surface area contributed by atoms with E-state index in [-0.39, 0.29) is 18.4 Å². The Morgan fingerprint density at radius 2 is 1.76 bits per heavy atom. The number of aryl methyl sites for hydroxylation is 1. The summed E-state index contributed by atoms with van der Waals surface area (Å²) in [5.74, 6) is 1.69. The van der Waals surface area contributed by atoms with Gasteiger partial charge in [-0.15, -0.1) is 23.7 Å². The topological polar surface area (TPSA) is 63.6 Å². The molecule has 2 atom stereocenters. The normalized spacial score (nSPS) is 18.2. The number of halogens is 1. The van der Waals surface area contributed by atoms with Gasteiger partial charge in [-0.25, -0.2) is 4.98 Å². The lowest BCUT2D eigenvalue weighted by atomic mass is 9.85. The first-order chi connectivity index (χ1) is 13.7. The molecular weight excluding hydrogens is 408 g/mol. The summed E-state index contributed by atoms with van der Waals surface area (Å²) in [6.07, 6.45) is 2.81. The van der Waals surface area contributed by atoms with Gasteiger partial charge in [-0.1, -0.05) is 12.1 Å². The maximum atomic E-state index is 10.6. The van der Waals surface area contributed by atoms with Crippen LogP contribution >= 0.6 is 23.7 Å². The number of nitrogens with one attached hydrogen (secondary N) is 1. The standard InChI is InChI=1S/C22H26N2O3S.ClH/c1-26-19-9-10-20(27-2)15-13-18(25)17(12-14(15)19)23-11-5-8-22-24-16-6-3-4-7-21(16)28-22;/h3-4,6-7,9-10,17-18,23,25H,5,8,11-13H2,1-2H3;1H/t17-,18-;/m0./s1. The molecule has 1 heterocycles. The van der Waals surface area contributed by atoms with E-state index in [2.05, 4.69) is 23.5 Å². The number of hydrogen-bond donors (Lipinski definition) is 2. The van der Waals surface area contributed by atoms with Crippen LogP contribution in [0.25, 0.3) is 10.2 Å². The average Bonchev–Trinajstić information content (AvgIpc) is 3.13. The zero-order valence-electron chi connectivity index (χ0n) is 16.7. The number of para-hydroxylation sites is 1. The molecule has 2 aromatic carbocycles. The second kappa shape index (κ2) is 9.76. The minimum absolute atomic E-state index is 0. The molecule has 156 valence electrons. The molecule has 0 fully saturated rings. The predicted molar refractivity (Wildman–Crippen MR) is 120 cm³/mol. The monoisotopic (exact) mass is 434 g/mol. The minimum Gasteiger partial charge on any atom is -0.496 e. The van der Waals surface area contributed by atoms with Crippen molar-refractivity contribution in [1.29, 1.82) is 0 Å². The number of ether oxygens (including phenoxy) is 2. The van der Waals surface area contributed by atoms with E-state index in [9.17, 15) is 5.11 Å². The Morgan fingerprint density at radius 3 is 2.45 bits per heavy atom. The summed E-state index contributed by atoms with van der Waals surface area (Å²) in [5.41, 5.74) is 3.27. The molecule has 2 N–H and O–H groups in total. The zero-order chi connectivity index (χ0) is 19.5. The number of aliphatic hydroxyl groups is 1. The van der Waals surface area contributed by atoms with E-state index >= 15 is 0 Å². The molecule has 0 saturated carbocycles. The highest BCUT2D eigenvalue weighted by Crippen LogP contribution is 2.36. The fourth-order valence-corrected chi connectivity index (χ4v) is 4.96. The summed E-state index contributed by atoms with van der Waals surface area (Å²) in [4.78, 5) is 4.69. The minimum atomic E-state index is -0.434. The highest BCUT2D eigenvalue weighted by Gasteiger charge is 2.30. The second-order valence-electron chi connectivity index (χ2n) is 7.14. The van der Waals surface area contributed by atoms with Gasteiger partial charge >= 0.3 is 0 Å². The third-order valence-electron chi connectivity index (χ3n) is 5.40. The fourth-order valence-electron chi connectivity index (χ4n) is 3.95. The number of thiazole rings is 1. The second-order valence-corrected chi connectivity index (χ2v) is 8.26. The lowest BCUT2D eigenvalue weighted by Crippen LogP contribution is -2.46. The number of fused-ring (bicyclic) bond motifs is 2. The molecule has 5 nitrogen and oxygen atoms in total. The van der Waals surface area contributed by atoms with Crippen LogP contribution in [0.2, 0.25) is 0 Å². The van der Waals surface area contributed by atoms with Crippen LogP contribution < -0.4 is 14.8 Å². The lowest BCUT2D eigenvalue weighted by Gasteiger charge is -2.32. The zero-order valence-corrected chi connectivity index (χ0v) is 18.3. The number of benzene rings is 2. The van der Waals surface area contributed by atoms with Crippen LogP contribution in [0.4, 0.5) is 0 Å². The van der Waals surface area contributed by atoms with Crippen LogP contribution in [-0.2, 0) is 19.3 Å². The highest BCUT2D eigenvalue weighted by atomic mass is 35.5. The first kappa shape index (κ1) is 21.8. The number of hydrogen-bond acceptors (Lipinski definition) is 6. The van der Waals surface area contributed by atoms with Crippen molar-refractivity contribution in [3.8, 4) is 11.5 Å². The van der Waals surface area contributed by atoms with E-state index in [0.717, 1.165) is 53.9 Å². The van der Waals surface area contributed by atoms with Crippen molar-refractivity contribution in [2.24, 2.45) is 0 Å². The van der Waals surface area contributed by atoms with Gasteiger partial charge in [-0.3, -0.25) is 0 Å². The van der Waals surface area contributed by atoms with Crippen molar-refractivity contribution >= 4 is 34.0 Å². The predicted octanol–water partition coefficient (Wildman–Crippen LogP) is 3.79. The molecule has 0 amide bonds. The van der Waals surface area contributed by atoms with Gasteiger partial charge in [0.1, 0.15) is 11.5 Å². The van der Waals surface area contributed by atoms with E-state index in [0.29, 0.717) is 6.42 Å². The number of rotatable bonds is 7. The molecule has 29 heavy (non-hydrogen) atoms. The Bertz CT molecular complexity index is 929. The molecule has 3 aromatic rings. The van der Waals surface area contributed by atoms with Gasteiger partial charge in [-0.05, 0) is 43.7 Å². The fraction of sp³-hybridized carbons (Fsp3) is 0.409. The molecule has 1 aliphatic rings. The summed E-state index contributed by atoms with van der Waals surface area (Å²) in [7, 11) is 3.36. The third kappa shape index (κ3) is 4.67. The summed E-state index contributed by atoms with van der Waals surface area (Å²) in [5, 5.41) is 15.3. The summed E-state index contributed by atoms with van der Waals surface area (Å²) >= 11 is 1.76. The quantitative estimate of drug-likeness (QED) is 0.554. The van der Waals surface area contributed by atoms with Gasteiger partial charge in [-0.2, -0.15) is 0 Å². The molecule has 1 aliphatic carbocycles. The first-order valence-electron chi connectivity index (χ1n) is 9.68. The van der Waals surface area contributed by atoms with Crippen LogP contribution in [0, 0.1) is 0 Å². The molecule has 0 unspecified atom stereocenters. The van der Waals surface area contributed by atoms with E-state index < -0.39 is 6.10 Å². The number of aromatic nitrogens is 1. The molecule has 0 radical (unpaired) electrons. The van der Waals surface area contributed by atoms with Crippen LogP contribution in [0.15, 0.2) is 36.4 Å². The molecule has 0 spiro atoms. The first-order valence-corrected chi connectivity index (χ1v) is 10.5. The van der Waals surface area contributed by atoms with E-state index in [1.165, 1.54) is 9.71 Å². The maximum Gasteiger partial charge on any atom is 0.122 e. The Morgan fingerprint density at radius 1 is 1.07 bits per heavy atom. The molecule has 0 aliphatic heterocycles. The van der Waals surface area contributed by atoms with Crippen molar-refractivity contribution in [2.45, 2.75) is 37.8 Å². The number of nitrogens with zero attached hydrogens (tertiary/aromatic N) is 1. The van der Waals surface area contributed by atoms with E-state index in [1.807, 2.05) is 18.2 Å². The number of aliphatic hydroxyl groups excluding tert-OH is 1. The van der Waals surface area contributed by atoms with Crippen molar-refractivity contribution in [3.05, 3.63) is 52.5 Å². The van der Waals surface area contributed by atoms with Crippen molar-refractivity contribution in [1.82, 2.24) is 10.3 Å². The average molecular weight is 435 g/mol. The third-order valence-corrected chi connectivity index (χ3v) is 6.50. The SMILES string of the molecule is COc1ccc(OC)c2c1C[C@H](NCCCc1nc3ccccc3s1)[C@@H](O)C2.Cl. The lowest BCUT2D eigenvalue weighted by molar-refractivity contribution is 0.117. The Hall–Kier alpha value is -1.86. The summed E-state index contributed by atoms with van der Waals surface area (Å²) in [6, 6.07) is 12.1. The number of methoxy groups -OCH3 is 2. The van der Waals surface area contributed by atoms with Crippen molar-refractivity contribution in [3.63, 3.8) is 0 Å². The highest BCUT2D eigenvalue weighted by molar-refractivity contribution is 7.18. The molecule has 4 rings (SSSR count). The van der Waals surface area contributed by atoms with Crippen LogP contribution in [0.5, 0.6) is 11.5 Å². The summed E-state index contributed by atoms with van der Waals surface area (Å²) < 4.78 is 12.3. The Labute approximate surface area is 181 Å². The Balaban J connectivity index is 0.00000240. The molecule has 0 bridgehead atoms. The van der Waals surface area contributed by atoms with E-state index in [1.54, 1.807) is 25.6 Å². The van der Waals surface area contributed by atoms with Gasteiger partial charge in [0, 0.05) is 30.0 Å². The van der Waals surface area contributed by atoms with Gasteiger partial charge in [0.2, 0.25) is 0 Å². The smallest absolute Gasteiger partial charge is 0.122 e. The molecule has 1 aromatic heterocycles. The van der Waals surface area contributed by atoms with Crippen LogP contribution in [0.3, 0.4) is 0 Å².